The predicted molar refractivity (Wildman–Crippen MR) is 151 cm³/mol. The first-order valence-electron chi connectivity index (χ1n) is 13.2. The maximum absolute atomic E-state index is 16.2. The van der Waals surface area contributed by atoms with Crippen molar-refractivity contribution < 1.29 is 23.5 Å². The zero-order chi connectivity index (χ0) is 28.5. The van der Waals surface area contributed by atoms with Crippen molar-refractivity contribution in [2.75, 3.05) is 27.3 Å². The number of rotatable bonds is 7. The number of nitrogens with one attached hydrogen (secondary N) is 1. The minimum absolute atomic E-state index is 0.0546. The van der Waals surface area contributed by atoms with Crippen molar-refractivity contribution in [1.82, 2.24) is 29.9 Å². The number of methoxy groups -OCH3 is 2. The summed E-state index contributed by atoms with van der Waals surface area (Å²) in [6, 6.07) is 10.9. The highest BCUT2D eigenvalue weighted by Gasteiger charge is 2.26. The first-order chi connectivity index (χ1) is 20.0. The smallest absolute Gasteiger partial charge is 0.354 e. The highest BCUT2D eigenvalue weighted by atomic mass is 19.1. The Bertz CT molecular complexity index is 1810. The van der Waals surface area contributed by atoms with Crippen LogP contribution in [0.4, 0.5) is 4.39 Å². The Kier molecular flexibility index (Phi) is 6.92. The van der Waals surface area contributed by atoms with Crippen LogP contribution in [0.25, 0.3) is 38.5 Å². The average molecular weight is 555 g/mol. The third-order valence-electron chi connectivity index (χ3n) is 7.35. The molecule has 208 valence electrons. The molecule has 1 aliphatic heterocycles. The Morgan fingerprint density at radius 3 is 2.73 bits per heavy atom. The second-order valence-electron chi connectivity index (χ2n) is 9.72. The Morgan fingerprint density at radius 1 is 1.10 bits per heavy atom. The number of benzene rings is 2. The Hall–Kier alpha value is -5.06. The SMILES string of the molecule is COC(=O)c1cc2c(-c3cnc4ccccc4c3OC)cc(C3=CCCN(C(=O)CCn4ccnn4)C3)c(F)c2[nH]1. The van der Waals surface area contributed by atoms with Gasteiger partial charge >= 0.3 is 5.97 Å². The molecule has 4 heterocycles. The number of ether oxygens (including phenoxy) is 2. The number of H-pyrrole nitrogens is 1. The Morgan fingerprint density at radius 2 is 1.95 bits per heavy atom. The van der Waals surface area contributed by atoms with E-state index in [1.54, 1.807) is 47.4 Å². The van der Waals surface area contributed by atoms with Gasteiger partial charge in [0.1, 0.15) is 11.4 Å². The highest BCUT2D eigenvalue weighted by molar-refractivity contribution is 6.06. The number of aromatic amines is 1. The molecule has 0 atom stereocenters. The molecule has 0 unspecified atom stereocenters. The zero-order valence-corrected chi connectivity index (χ0v) is 22.6. The number of para-hydroxylation sites is 1. The topological polar surface area (TPSA) is 115 Å². The minimum Gasteiger partial charge on any atom is -0.495 e. The lowest BCUT2D eigenvalue weighted by Crippen LogP contribution is -2.36. The number of esters is 1. The van der Waals surface area contributed by atoms with E-state index in [2.05, 4.69) is 20.3 Å². The van der Waals surface area contributed by atoms with Crippen molar-refractivity contribution in [3.05, 3.63) is 78.1 Å². The van der Waals surface area contributed by atoms with E-state index in [4.69, 9.17) is 9.47 Å². The van der Waals surface area contributed by atoms with Gasteiger partial charge in [-0.2, -0.15) is 0 Å². The molecule has 3 aromatic heterocycles. The van der Waals surface area contributed by atoms with E-state index >= 15 is 4.39 Å². The molecule has 5 aromatic rings. The average Bonchev–Trinajstić information content (AvgIpc) is 3.70. The predicted octanol–water partition coefficient (Wildman–Crippen LogP) is 4.61. The van der Waals surface area contributed by atoms with E-state index in [1.165, 1.54) is 7.11 Å². The van der Waals surface area contributed by atoms with Crippen LogP contribution in [0.15, 0.2) is 61.1 Å². The van der Waals surface area contributed by atoms with Crippen LogP contribution in [-0.4, -0.2) is 69.0 Å². The number of amides is 1. The lowest BCUT2D eigenvalue weighted by atomic mass is 9.93. The van der Waals surface area contributed by atoms with E-state index in [0.717, 1.165) is 10.9 Å². The third-order valence-corrected chi connectivity index (χ3v) is 7.35. The summed E-state index contributed by atoms with van der Waals surface area (Å²) in [7, 11) is 2.85. The molecule has 1 amide bonds. The van der Waals surface area contributed by atoms with Crippen LogP contribution in [0.3, 0.4) is 0 Å². The molecule has 41 heavy (non-hydrogen) atoms. The summed E-state index contributed by atoms with van der Waals surface area (Å²) in [5, 5.41) is 8.97. The van der Waals surface area contributed by atoms with E-state index in [0.29, 0.717) is 52.9 Å². The Balaban J connectivity index is 1.45. The van der Waals surface area contributed by atoms with E-state index in [1.807, 2.05) is 30.3 Å². The van der Waals surface area contributed by atoms with Crippen LogP contribution in [0, 0.1) is 5.82 Å². The fourth-order valence-electron chi connectivity index (χ4n) is 5.34. The summed E-state index contributed by atoms with van der Waals surface area (Å²) >= 11 is 0. The summed E-state index contributed by atoms with van der Waals surface area (Å²) in [6.07, 6.45) is 7.75. The quantitative estimate of drug-likeness (QED) is 0.292. The van der Waals surface area contributed by atoms with Gasteiger partial charge in [-0.15, -0.1) is 5.10 Å². The number of nitrogens with zero attached hydrogens (tertiary/aromatic N) is 5. The summed E-state index contributed by atoms with van der Waals surface area (Å²) in [6.45, 7) is 1.19. The van der Waals surface area contributed by atoms with Crippen LogP contribution in [0.2, 0.25) is 0 Å². The number of carbonyl (C=O) groups is 2. The molecule has 0 saturated carbocycles. The number of hydrogen-bond donors (Lipinski definition) is 1. The van der Waals surface area contributed by atoms with Gasteiger partial charge in [-0.25, -0.2) is 9.18 Å². The molecule has 0 saturated heterocycles. The van der Waals surface area contributed by atoms with Crippen molar-refractivity contribution in [3.63, 3.8) is 0 Å². The number of aromatic nitrogens is 5. The maximum Gasteiger partial charge on any atom is 0.354 e. The van der Waals surface area contributed by atoms with Crippen molar-refractivity contribution in [2.24, 2.45) is 0 Å². The molecule has 0 radical (unpaired) electrons. The second-order valence-corrected chi connectivity index (χ2v) is 9.72. The van der Waals surface area contributed by atoms with Gasteiger partial charge in [0.05, 0.1) is 38.0 Å². The van der Waals surface area contributed by atoms with Crippen LogP contribution in [0.1, 0.15) is 28.9 Å². The molecule has 10 nitrogen and oxygen atoms in total. The van der Waals surface area contributed by atoms with Crippen LogP contribution in [0.5, 0.6) is 5.75 Å². The van der Waals surface area contributed by atoms with Crippen molar-refractivity contribution in [1.29, 1.82) is 0 Å². The van der Waals surface area contributed by atoms with Gasteiger partial charge in [-0.3, -0.25) is 14.5 Å². The Labute approximate surface area is 234 Å². The van der Waals surface area contributed by atoms with Crippen molar-refractivity contribution in [2.45, 2.75) is 19.4 Å². The minimum atomic E-state index is -0.613. The number of aryl methyl sites for hydroxylation is 1. The molecule has 0 fully saturated rings. The number of halogens is 1. The van der Waals surface area contributed by atoms with Gasteiger partial charge < -0.3 is 19.4 Å². The van der Waals surface area contributed by atoms with Gasteiger partial charge in [0, 0.05) is 53.8 Å². The second kappa shape index (κ2) is 10.8. The lowest BCUT2D eigenvalue weighted by molar-refractivity contribution is -0.131. The van der Waals surface area contributed by atoms with Crippen molar-refractivity contribution in [3.8, 4) is 16.9 Å². The largest absolute Gasteiger partial charge is 0.495 e. The fourth-order valence-corrected chi connectivity index (χ4v) is 5.34. The van der Waals surface area contributed by atoms with Gasteiger partial charge in [0.25, 0.3) is 0 Å². The summed E-state index contributed by atoms with van der Waals surface area (Å²) in [5.74, 6) is -0.605. The molecular formula is C30H27FN6O4. The monoisotopic (exact) mass is 554 g/mol. The van der Waals surface area contributed by atoms with Crippen LogP contribution >= 0.6 is 0 Å². The van der Waals surface area contributed by atoms with Gasteiger partial charge in [-0.05, 0) is 41.8 Å². The molecule has 0 spiro atoms. The normalized spacial score (nSPS) is 13.4. The van der Waals surface area contributed by atoms with Gasteiger partial charge in [0.15, 0.2) is 5.82 Å². The van der Waals surface area contributed by atoms with E-state index < -0.39 is 11.8 Å². The molecular weight excluding hydrogens is 527 g/mol. The molecule has 0 aliphatic carbocycles. The summed E-state index contributed by atoms with van der Waals surface area (Å²) in [4.78, 5) is 34.7. The summed E-state index contributed by atoms with van der Waals surface area (Å²) in [5.41, 5.74) is 3.31. The fraction of sp³-hybridized carbons (Fsp3) is 0.233. The van der Waals surface area contributed by atoms with Crippen molar-refractivity contribution >= 4 is 39.3 Å². The summed E-state index contributed by atoms with van der Waals surface area (Å²) < 4.78 is 28.6. The lowest BCUT2D eigenvalue weighted by Gasteiger charge is -2.28. The maximum atomic E-state index is 16.2. The highest BCUT2D eigenvalue weighted by Crippen LogP contribution is 2.42. The number of fused-ring (bicyclic) bond motifs is 2. The van der Waals surface area contributed by atoms with Crippen LogP contribution in [-0.2, 0) is 16.1 Å². The van der Waals surface area contributed by atoms with Gasteiger partial charge in [0.2, 0.25) is 5.91 Å². The number of pyridine rings is 1. The number of hydrogen-bond acceptors (Lipinski definition) is 7. The molecule has 1 N–H and O–H groups in total. The molecule has 6 rings (SSSR count). The standard InChI is InChI=1S/C30H27FN6O4/c1-40-29-19-7-3-4-8-24(19)32-16-23(29)21-14-20(27(31)28-22(21)15-25(34-28)30(39)41-2)18-6-5-11-36(17-18)26(38)9-12-37-13-10-33-35-37/h3-4,6-8,10,13-16,34H,5,9,11-12,17H2,1-2H3. The van der Waals surface area contributed by atoms with Crippen LogP contribution < -0.4 is 4.74 Å². The molecule has 1 aliphatic rings. The van der Waals surface area contributed by atoms with E-state index in [-0.39, 0.29) is 30.1 Å². The van der Waals surface area contributed by atoms with Gasteiger partial charge in [-0.1, -0.05) is 23.4 Å². The molecule has 11 heteroatoms. The first-order valence-corrected chi connectivity index (χ1v) is 13.2. The number of carbonyl (C=O) groups excluding carboxylic acids is 2. The molecule has 2 aromatic carbocycles. The molecule has 0 bridgehead atoms. The van der Waals surface area contributed by atoms with E-state index in [9.17, 15) is 9.59 Å². The zero-order valence-electron chi connectivity index (χ0n) is 22.6. The third kappa shape index (κ3) is 4.79. The first kappa shape index (κ1) is 26.2.